The molecular formula is C29H36N4. The average molecular weight is 441 g/mol. The number of nitrogens with zero attached hydrogens (tertiary/aromatic N) is 4. The molecule has 0 bridgehead atoms. The summed E-state index contributed by atoms with van der Waals surface area (Å²) >= 11 is 0. The molecule has 4 rings (SSSR count). The van der Waals surface area contributed by atoms with Gasteiger partial charge in [-0.25, -0.2) is 9.97 Å². The van der Waals surface area contributed by atoms with Crippen LogP contribution >= 0.6 is 0 Å². The minimum Gasteiger partial charge on any atom is -0.357 e. The van der Waals surface area contributed by atoms with Crippen LogP contribution in [-0.4, -0.2) is 36.1 Å². The number of benzene rings is 2. The Bertz CT molecular complexity index is 1170. The Morgan fingerprint density at radius 2 is 0.970 bits per heavy atom. The third-order valence-electron chi connectivity index (χ3n) is 6.72. The highest BCUT2D eigenvalue weighted by atomic mass is 15.2. The third-order valence-corrected chi connectivity index (χ3v) is 6.72. The summed E-state index contributed by atoms with van der Waals surface area (Å²) in [6.07, 6.45) is 0.903. The zero-order chi connectivity index (χ0) is 23.5. The first kappa shape index (κ1) is 23.0. The van der Waals surface area contributed by atoms with Gasteiger partial charge in [-0.05, 0) is 107 Å². The number of pyridine rings is 2. The Labute approximate surface area is 198 Å². The summed E-state index contributed by atoms with van der Waals surface area (Å²) in [6.45, 7) is 17.0. The van der Waals surface area contributed by atoms with Crippen molar-refractivity contribution in [2.75, 3.05) is 36.0 Å². The van der Waals surface area contributed by atoms with Crippen molar-refractivity contribution in [3.63, 3.8) is 0 Å². The lowest BCUT2D eigenvalue weighted by Crippen LogP contribution is -2.23. The SMILES string of the molecule is CCN(CC)c1cc(C)c2cc(Cc3ccc4nc(N(CC)CC)cc(C)c4c3)ccc2n1. The van der Waals surface area contributed by atoms with Gasteiger partial charge in [-0.2, -0.15) is 0 Å². The number of aryl methyl sites for hydroxylation is 2. The Morgan fingerprint density at radius 1 is 0.576 bits per heavy atom. The summed E-state index contributed by atoms with van der Waals surface area (Å²) in [7, 11) is 0. The molecule has 0 amide bonds. The van der Waals surface area contributed by atoms with E-state index in [1.165, 1.54) is 33.0 Å². The first-order valence-corrected chi connectivity index (χ1v) is 12.3. The first-order valence-electron chi connectivity index (χ1n) is 12.3. The van der Waals surface area contributed by atoms with Crippen molar-refractivity contribution in [1.82, 2.24) is 9.97 Å². The predicted molar refractivity (Wildman–Crippen MR) is 143 cm³/mol. The van der Waals surface area contributed by atoms with Gasteiger partial charge in [0.05, 0.1) is 11.0 Å². The van der Waals surface area contributed by atoms with E-state index in [0.29, 0.717) is 0 Å². The van der Waals surface area contributed by atoms with Crippen molar-refractivity contribution in [3.8, 4) is 0 Å². The van der Waals surface area contributed by atoms with Crippen molar-refractivity contribution in [1.29, 1.82) is 0 Å². The molecule has 0 aliphatic carbocycles. The van der Waals surface area contributed by atoms with Crippen LogP contribution in [0.4, 0.5) is 11.6 Å². The van der Waals surface area contributed by atoms with Crippen LogP contribution in [-0.2, 0) is 6.42 Å². The smallest absolute Gasteiger partial charge is 0.129 e. The fourth-order valence-corrected chi connectivity index (χ4v) is 4.72. The molecule has 0 spiro atoms. The van der Waals surface area contributed by atoms with Crippen LogP contribution in [0.25, 0.3) is 21.8 Å². The largest absolute Gasteiger partial charge is 0.357 e. The number of hydrogen-bond donors (Lipinski definition) is 0. The molecule has 0 saturated carbocycles. The maximum absolute atomic E-state index is 4.93. The van der Waals surface area contributed by atoms with Crippen molar-refractivity contribution in [2.45, 2.75) is 48.0 Å². The first-order chi connectivity index (χ1) is 16.0. The lowest BCUT2D eigenvalue weighted by molar-refractivity contribution is 0.849. The highest BCUT2D eigenvalue weighted by molar-refractivity contribution is 5.86. The average Bonchev–Trinajstić information content (AvgIpc) is 2.81. The van der Waals surface area contributed by atoms with Gasteiger partial charge < -0.3 is 9.80 Å². The summed E-state index contributed by atoms with van der Waals surface area (Å²) in [5.74, 6) is 2.14. The van der Waals surface area contributed by atoms with E-state index in [9.17, 15) is 0 Å². The normalized spacial score (nSPS) is 11.3. The number of fused-ring (bicyclic) bond motifs is 2. The summed E-state index contributed by atoms with van der Waals surface area (Å²) < 4.78 is 0. The summed E-state index contributed by atoms with van der Waals surface area (Å²) in [4.78, 5) is 14.5. The molecule has 172 valence electrons. The van der Waals surface area contributed by atoms with Gasteiger partial charge in [-0.3, -0.25) is 0 Å². The monoisotopic (exact) mass is 440 g/mol. The summed E-state index contributed by atoms with van der Waals surface area (Å²) in [6, 6.07) is 17.9. The predicted octanol–water partition coefficient (Wildman–Crippen LogP) is 6.68. The van der Waals surface area contributed by atoms with E-state index >= 15 is 0 Å². The molecular weight excluding hydrogens is 404 g/mol. The van der Waals surface area contributed by atoms with Gasteiger partial charge in [0.1, 0.15) is 11.6 Å². The van der Waals surface area contributed by atoms with Crippen molar-refractivity contribution in [3.05, 3.63) is 70.8 Å². The quantitative estimate of drug-likeness (QED) is 0.306. The van der Waals surface area contributed by atoms with Crippen molar-refractivity contribution in [2.24, 2.45) is 0 Å². The van der Waals surface area contributed by atoms with E-state index in [-0.39, 0.29) is 0 Å². The van der Waals surface area contributed by atoms with E-state index in [1.807, 2.05) is 0 Å². The summed E-state index contributed by atoms with van der Waals surface area (Å²) in [5, 5.41) is 2.48. The highest BCUT2D eigenvalue weighted by Crippen LogP contribution is 2.27. The van der Waals surface area contributed by atoms with Gasteiger partial charge in [-0.15, -0.1) is 0 Å². The van der Waals surface area contributed by atoms with Crippen LogP contribution in [0.15, 0.2) is 48.5 Å². The van der Waals surface area contributed by atoms with E-state index in [0.717, 1.165) is 55.3 Å². The zero-order valence-electron chi connectivity index (χ0n) is 20.9. The van der Waals surface area contributed by atoms with Gasteiger partial charge >= 0.3 is 0 Å². The van der Waals surface area contributed by atoms with Crippen LogP contribution in [0.1, 0.15) is 49.9 Å². The molecule has 0 aliphatic heterocycles. The molecule has 0 aliphatic rings. The molecule has 0 radical (unpaired) electrons. The molecule has 0 unspecified atom stereocenters. The summed E-state index contributed by atoms with van der Waals surface area (Å²) in [5.41, 5.74) is 7.34. The molecule has 4 aromatic rings. The molecule has 4 nitrogen and oxygen atoms in total. The second-order valence-electron chi connectivity index (χ2n) is 8.82. The number of aromatic nitrogens is 2. The van der Waals surface area contributed by atoms with Crippen LogP contribution in [0.5, 0.6) is 0 Å². The van der Waals surface area contributed by atoms with Crippen LogP contribution in [0.3, 0.4) is 0 Å². The number of anilines is 2. The van der Waals surface area contributed by atoms with E-state index < -0.39 is 0 Å². The van der Waals surface area contributed by atoms with Gasteiger partial charge in [0.25, 0.3) is 0 Å². The van der Waals surface area contributed by atoms with E-state index in [2.05, 4.69) is 99.9 Å². The van der Waals surface area contributed by atoms with Gasteiger partial charge in [0, 0.05) is 37.0 Å². The Morgan fingerprint density at radius 3 is 1.33 bits per heavy atom. The van der Waals surface area contributed by atoms with Gasteiger partial charge in [0.15, 0.2) is 0 Å². The molecule has 0 atom stereocenters. The molecule has 33 heavy (non-hydrogen) atoms. The Kier molecular flexibility index (Phi) is 6.83. The zero-order valence-corrected chi connectivity index (χ0v) is 20.9. The van der Waals surface area contributed by atoms with Crippen LogP contribution < -0.4 is 9.80 Å². The molecule has 0 fully saturated rings. The molecule has 0 saturated heterocycles. The topological polar surface area (TPSA) is 32.3 Å². The fraction of sp³-hybridized carbons (Fsp3) is 0.379. The number of rotatable bonds is 8. The maximum Gasteiger partial charge on any atom is 0.129 e. The van der Waals surface area contributed by atoms with E-state index in [1.54, 1.807) is 0 Å². The molecule has 4 heteroatoms. The lowest BCUT2D eigenvalue weighted by Gasteiger charge is -2.21. The van der Waals surface area contributed by atoms with Crippen LogP contribution in [0.2, 0.25) is 0 Å². The number of hydrogen-bond acceptors (Lipinski definition) is 4. The van der Waals surface area contributed by atoms with Gasteiger partial charge in [0.2, 0.25) is 0 Å². The van der Waals surface area contributed by atoms with Crippen LogP contribution in [0, 0.1) is 13.8 Å². The second-order valence-corrected chi connectivity index (χ2v) is 8.82. The maximum atomic E-state index is 4.93. The van der Waals surface area contributed by atoms with Crippen molar-refractivity contribution >= 4 is 33.4 Å². The minimum absolute atomic E-state index is 0.903. The lowest BCUT2D eigenvalue weighted by atomic mass is 9.99. The molecule has 2 aromatic heterocycles. The van der Waals surface area contributed by atoms with Gasteiger partial charge in [-0.1, -0.05) is 12.1 Å². The standard InChI is InChI=1S/C29H36N4/c1-7-32(8-2)28-15-20(5)24-18-22(11-13-26(24)30-28)17-23-12-14-27-25(19-23)21(6)16-29(31-27)33(9-3)10-4/h11-16,18-19H,7-10,17H2,1-6H3. The molecule has 0 N–H and O–H groups in total. The minimum atomic E-state index is 0.903. The molecule has 2 heterocycles. The Hall–Kier alpha value is -3.14. The third kappa shape index (κ3) is 4.66. The fourth-order valence-electron chi connectivity index (χ4n) is 4.72. The highest BCUT2D eigenvalue weighted by Gasteiger charge is 2.11. The molecule has 2 aromatic carbocycles. The van der Waals surface area contributed by atoms with E-state index in [4.69, 9.17) is 9.97 Å². The Balaban J connectivity index is 1.65. The second kappa shape index (κ2) is 9.78. The van der Waals surface area contributed by atoms with Crippen molar-refractivity contribution < 1.29 is 0 Å².